The number of hydrogen-bond donors (Lipinski definition) is 0. The molecule has 3 fully saturated rings. The fourth-order valence-electron chi connectivity index (χ4n) is 3.57. The maximum absolute atomic E-state index is 12.5. The molecule has 0 spiro atoms. The zero-order valence-electron chi connectivity index (χ0n) is 14.3. The minimum absolute atomic E-state index is 0.0645. The van der Waals surface area contributed by atoms with Crippen molar-refractivity contribution >= 4 is 38.4 Å². The smallest absolute Gasteiger partial charge is 0.277 e. The Labute approximate surface area is 156 Å². The van der Waals surface area contributed by atoms with Gasteiger partial charge in [-0.15, -0.1) is 0 Å². The average Bonchev–Trinajstić information content (AvgIpc) is 3.29. The highest BCUT2D eigenvalue weighted by Crippen LogP contribution is 2.41. The summed E-state index contributed by atoms with van der Waals surface area (Å²) >= 11 is 1.37. The van der Waals surface area contributed by atoms with Crippen LogP contribution in [0.5, 0.6) is 5.75 Å². The van der Waals surface area contributed by atoms with Gasteiger partial charge in [0.05, 0.1) is 24.7 Å². The molecule has 1 amide bonds. The molecule has 1 aromatic rings. The van der Waals surface area contributed by atoms with Crippen LogP contribution in [0.25, 0.3) is 0 Å². The van der Waals surface area contributed by atoms with Crippen LogP contribution in [-0.4, -0.2) is 62.1 Å². The second-order valence-corrected chi connectivity index (χ2v) is 9.97. The Balaban J connectivity index is 1.69. The summed E-state index contributed by atoms with van der Waals surface area (Å²) in [5.41, 5.74) is 0.778. The van der Waals surface area contributed by atoms with E-state index >= 15 is 0 Å². The zero-order valence-corrected chi connectivity index (χ0v) is 16.0. The summed E-state index contributed by atoms with van der Waals surface area (Å²) in [4.78, 5) is 18.6. The number of benzene rings is 1. The molecule has 3 unspecified atom stereocenters. The lowest BCUT2D eigenvalue weighted by atomic mass is 10.2. The van der Waals surface area contributed by atoms with Crippen molar-refractivity contribution < 1.29 is 22.7 Å². The van der Waals surface area contributed by atoms with E-state index in [1.807, 2.05) is 29.2 Å². The van der Waals surface area contributed by atoms with E-state index in [-0.39, 0.29) is 28.7 Å². The molecule has 7 nitrogen and oxygen atoms in total. The number of nitrogens with zero attached hydrogens (tertiary/aromatic N) is 2. The van der Waals surface area contributed by atoms with Gasteiger partial charge in [0, 0.05) is 23.6 Å². The van der Waals surface area contributed by atoms with Gasteiger partial charge in [-0.3, -0.25) is 4.79 Å². The van der Waals surface area contributed by atoms with Gasteiger partial charge in [0.15, 0.2) is 15.0 Å². The molecular weight excluding hydrogens is 376 g/mol. The predicted octanol–water partition coefficient (Wildman–Crippen LogP) is 1.48. The fourth-order valence-corrected chi connectivity index (χ4v) is 7.48. The molecule has 0 aromatic heterocycles. The van der Waals surface area contributed by atoms with Crippen molar-refractivity contribution in [1.82, 2.24) is 0 Å². The summed E-state index contributed by atoms with van der Waals surface area (Å²) in [6.07, 6.45) is 1.05. The highest BCUT2D eigenvalue weighted by atomic mass is 32.2. The highest BCUT2D eigenvalue weighted by molar-refractivity contribution is 8.16. The van der Waals surface area contributed by atoms with E-state index in [4.69, 9.17) is 9.47 Å². The van der Waals surface area contributed by atoms with Gasteiger partial charge in [0.1, 0.15) is 11.9 Å². The molecule has 1 aromatic carbocycles. The molecule has 26 heavy (non-hydrogen) atoms. The SMILES string of the molecule is COc1cccc(N2C(=NC(=O)C3CCCO3)SC3CS(=O)(=O)CC32)c1. The lowest BCUT2D eigenvalue weighted by Crippen LogP contribution is -2.38. The van der Waals surface area contributed by atoms with Gasteiger partial charge in [0.2, 0.25) is 0 Å². The van der Waals surface area contributed by atoms with E-state index in [1.165, 1.54) is 11.8 Å². The molecule has 4 rings (SSSR count). The maximum atomic E-state index is 12.5. The van der Waals surface area contributed by atoms with Gasteiger partial charge in [0.25, 0.3) is 5.91 Å². The number of aliphatic imine (C=N–C) groups is 1. The van der Waals surface area contributed by atoms with Crippen molar-refractivity contribution in [3.63, 3.8) is 0 Å². The predicted molar refractivity (Wildman–Crippen MR) is 101 cm³/mol. The summed E-state index contributed by atoms with van der Waals surface area (Å²) in [6, 6.07) is 7.15. The van der Waals surface area contributed by atoms with Crippen LogP contribution in [0.3, 0.4) is 0 Å². The third kappa shape index (κ3) is 3.35. The number of methoxy groups -OCH3 is 1. The van der Waals surface area contributed by atoms with E-state index in [2.05, 4.69) is 4.99 Å². The number of rotatable bonds is 3. The number of fused-ring (bicyclic) bond motifs is 1. The molecule has 0 radical (unpaired) electrons. The molecule has 3 aliphatic rings. The Kier molecular flexibility index (Phi) is 4.70. The number of thioether (sulfide) groups is 1. The molecule has 140 valence electrons. The van der Waals surface area contributed by atoms with Gasteiger partial charge in [-0.05, 0) is 25.0 Å². The van der Waals surface area contributed by atoms with Gasteiger partial charge in [-0.1, -0.05) is 17.8 Å². The van der Waals surface area contributed by atoms with Crippen LogP contribution in [0.15, 0.2) is 29.3 Å². The number of carbonyl (C=O) groups excluding carboxylic acids is 1. The normalized spacial score (nSPS) is 31.3. The van der Waals surface area contributed by atoms with Crippen LogP contribution in [0.4, 0.5) is 5.69 Å². The van der Waals surface area contributed by atoms with Gasteiger partial charge in [-0.25, -0.2) is 8.42 Å². The quantitative estimate of drug-likeness (QED) is 0.765. The maximum Gasteiger partial charge on any atom is 0.277 e. The lowest BCUT2D eigenvalue weighted by molar-refractivity contribution is -0.126. The van der Waals surface area contributed by atoms with Crippen LogP contribution in [0, 0.1) is 0 Å². The number of amides is 1. The van der Waals surface area contributed by atoms with E-state index in [0.717, 1.165) is 12.1 Å². The lowest BCUT2D eigenvalue weighted by Gasteiger charge is -2.25. The second kappa shape index (κ2) is 6.86. The molecular formula is C17H20N2O5S2. The Bertz CT molecular complexity index is 848. The molecule has 3 saturated heterocycles. The number of amidine groups is 1. The molecule has 3 atom stereocenters. The van der Waals surface area contributed by atoms with Crippen molar-refractivity contribution in [2.45, 2.75) is 30.2 Å². The monoisotopic (exact) mass is 396 g/mol. The molecule has 0 saturated carbocycles. The Morgan fingerprint density at radius 2 is 2.23 bits per heavy atom. The summed E-state index contributed by atoms with van der Waals surface area (Å²) in [5.74, 6) is 0.549. The topological polar surface area (TPSA) is 85.3 Å². The van der Waals surface area contributed by atoms with Crippen LogP contribution in [-0.2, 0) is 19.4 Å². The van der Waals surface area contributed by atoms with Crippen molar-refractivity contribution in [2.24, 2.45) is 4.99 Å². The zero-order chi connectivity index (χ0) is 18.3. The largest absolute Gasteiger partial charge is 0.497 e. The Morgan fingerprint density at radius 3 is 2.96 bits per heavy atom. The standard InChI is InChI=1S/C17H20N2O5S2/c1-23-12-5-2-4-11(8-12)19-13-9-26(21,22)10-15(13)25-17(19)18-16(20)14-6-3-7-24-14/h2,4-5,8,13-15H,3,6-7,9-10H2,1H3. The van der Waals surface area contributed by atoms with E-state index < -0.39 is 15.9 Å². The molecule has 0 aliphatic carbocycles. The van der Waals surface area contributed by atoms with Crippen molar-refractivity contribution in [3.8, 4) is 5.75 Å². The first kappa shape index (κ1) is 17.8. The van der Waals surface area contributed by atoms with Crippen molar-refractivity contribution in [1.29, 1.82) is 0 Å². The summed E-state index contributed by atoms with van der Waals surface area (Å²) < 4.78 is 34.9. The van der Waals surface area contributed by atoms with Crippen LogP contribution < -0.4 is 9.64 Å². The fraction of sp³-hybridized carbons (Fsp3) is 0.529. The number of ether oxygens (including phenoxy) is 2. The van der Waals surface area contributed by atoms with E-state index in [1.54, 1.807) is 7.11 Å². The van der Waals surface area contributed by atoms with Crippen LogP contribution >= 0.6 is 11.8 Å². The third-order valence-corrected chi connectivity index (χ3v) is 8.02. The van der Waals surface area contributed by atoms with Gasteiger partial charge < -0.3 is 14.4 Å². The van der Waals surface area contributed by atoms with Crippen LogP contribution in [0.2, 0.25) is 0 Å². The number of anilines is 1. The van der Waals surface area contributed by atoms with Gasteiger partial charge in [-0.2, -0.15) is 4.99 Å². The Morgan fingerprint density at radius 1 is 1.38 bits per heavy atom. The number of carbonyl (C=O) groups is 1. The molecule has 3 aliphatic heterocycles. The van der Waals surface area contributed by atoms with Crippen molar-refractivity contribution in [2.75, 3.05) is 30.1 Å². The second-order valence-electron chi connectivity index (χ2n) is 6.61. The minimum atomic E-state index is -3.09. The van der Waals surface area contributed by atoms with E-state index in [0.29, 0.717) is 23.9 Å². The minimum Gasteiger partial charge on any atom is -0.497 e. The first-order chi connectivity index (χ1) is 12.5. The van der Waals surface area contributed by atoms with E-state index in [9.17, 15) is 13.2 Å². The first-order valence-electron chi connectivity index (χ1n) is 8.51. The van der Waals surface area contributed by atoms with Crippen molar-refractivity contribution in [3.05, 3.63) is 24.3 Å². The third-order valence-electron chi connectivity index (χ3n) is 4.81. The van der Waals surface area contributed by atoms with Gasteiger partial charge >= 0.3 is 0 Å². The summed E-state index contributed by atoms with van der Waals surface area (Å²) in [7, 11) is -1.51. The Hall–Kier alpha value is -1.58. The number of sulfone groups is 1. The molecule has 3 heterocycles. The molecule has 0 bridgehead atoms. The van der Waals surface area contributed by atoms with Crippen LogP contribution in [0.1, 0.15) is 12.8 Å². The summed E-state index contributed by atoms with van der Waals surface area (Å²) in [6.45, 7) is 0.581. The molecule has 0 N–H and O–H groups in total. The first-order valence-corrected chi connectivity index (χ1v) is 11.2. The summed E-state index contributed by atoms with van der Waals surface area (Å²) in [5, 5.41) is 0.422. The molecule has 9 heteroatoms. The highest BCUT2D eigenvalue weighted by Gasteiger charge is 2.49. The average molecular weight is 396 g/mol. The number of hydrogen-bond acceptors (Lipinski definition) is 6.